The fourth-order valence-corrected chi connectivity index (χ4v) is 0.894. The summed E-state index contributed by atoms with van der Waals surface area (Å²) < 4.78 is 0. The average molecular weight is 168 g/mol. The molecule has 1 aromatic heterocycles. The van der Waals surface area contributed by atoms with Gasteiger partial charge in [-0.3, -0.25) is 4.98 Å². The topological polar surface area (TPSA) is 79.4 Å². The standard InChI is InChI=1S/C8H12N2O2/c1-5(11)7(9)8-6(12)3-2-4-10-8/h2-5,7,11-12H,9H2,1H3/t5-,7+/m0/s1. The summed E-state index contributed by atoms with van der Waals surface area (Å²) in [4.78, 5) is 3.86. The van der Waals surface area contributed by atoms with Crippen molar-refractivity contribution in [1.82, 2.24) is 4.98 Å². The lowest BCUT2D eigenvalue weighted by Gasteiger charge is -2.14. The molecule has 1 aromatic rings. The van der Waals surface area contributed by atoms with E-state index in [1.165, 1.54) is 12.3 Å². The Morgan fingerprint density at radius 2 is 2.25 bits per heavy atom. The molecule has 0 unspecified atom stereocenters. The van der Waals surface area contributed by atoms with Crippen LogP contribution in [-0.2, 0) is 0 Å². The van der Waals surface area contributed by atoms with E-state index in [0.29, 0.717) is 5.69 Å². The van der Waals surface area contributed by atoms with Gasteiger partial charge in [-0.25, -0.2) is 0 Å². The minimum Gasteiger partial charge on any atom is -0.506 e. The van der Waals surface area contributed by atoms with Crippen molar-refractivity contribution in [1.29, 1.82) is 0 Å². The first-order valence-corrected chi connectivity index (χ1v) is 3.70. The molecule has 0 amide bonds. The highest BCUT2D eigenvalue weighted by molar-refractivity contribution is 5.28. The van der Waals surface area contributed by atoms with Gasteiger partial charge >= 0.3 is 0 Å². The predicted molar refractivity (Wildman–Crippen MR) is 44.5 cm³/mol. The summed E-state index contributed by atoms with van der Waals surface area (Å²) in [5.41, 5.74) is 5.89. The van der Waals surface area contributed by atoms with Crippen LogP contribution in [0.4, 0.5) is 0 Å². The molecule has 4 heteroatoms. The minimum absolute atomic E-state index is 0.0194. The van der Waals surface area contributed by atoms with Crippen molar-refractivity contribution in [2.24, 2.45) is 5.73 Å². The van der Waals surface area contributed by atoms with Crippen LogP contribution in [-0.4, -0.2) is 21.3 Å². The monoisotopic (exact) mass is 168 g/mol. The maximum Gasteiger partial charge on any atom is 0.138 e. The van der Waals surface area contributed by atoms with Crippen molar-refractivity contribution in [3.8, 4) is 5.75 Å². The van der Waals surface area contributed by atoms with Crippen molar-refractivity contribution in [2.75, 3.05) is 0 Å². The molecule has 0 aromatic carbocycles. The third-order valence-electron chi connectivity index (χ3n) is 1.65. The van der Waals surface area contributed by atoms with Crippen LogP contribution >= 0.6 is 0 Å². The van der Waals surface area contributed by atoms with Crippen molar-refractivity contribution < 1.29 is 10.2 Å². The number of hydrogen-bond acceptors (Lipinski definition) is 4. The van der Waals surface area contributed by atoms with E-state index < -0.39 is 12.1 Å². The van der Waals surface area contributed by atoms with Crippen LogP contribution in [0.1, 0.15) is 18.7 Å². The van der Waals surface area contributed by atoms with Crippen molar-refractivity contribution in [3.63, 3.8) is 0 Å². The van der Waals surface area contributed by atoms with Crippen molar-refractivity contribution >= 4 is 0 Å². The first kappa shape index (κ1) is 8.96. The highest BCUT2D eigenvalue weighted by Gasteiger charge is 2.16. The number of rotatable bonds is 2. The van der Waals surface area contributed by atoms with Gasteiger partial charge in [-0.15, -0.1) is 0 Å². The highest BCUT2D eigenvalue weighted by atomic mass is 16.3. The maximum atomic E-state index is 9.28. The Hall–Kier alpha value is -1.13. The normalized spacial score (nSPS) is 15.6. The van der Waals surface area contributed by atoms with Crippen molar-refractivity contribution in [2.45, 2.75) is 19.1 Å². The number of pyridine rings is 1. The molecule has 4 nitrogen and oxygen atoms in total. The summed E-state index contributed by atoms with van der Waals surface area (Å²) in [5, 5.41) is 18.4. The summed E-state index contributed by atoms with van der Waals surface area (Å²) in [6.45, 7) is 1.55. The Bertz CT molecular complexity index is 263. The first-order valence-electron chi connectivity index (χ1n) is 3.70. The first-order chi connectivity index (χ1) is 5.63. The minimum atomic E-state index is -0.717. The van der Waals surface area contributed by atoms with Gasteiger partial charge in [-0.2, -0.15) is 0 Å². The zero-order chi connectivity index (χ0) is 9.14. The average Bonchev–Trinajstić information content (AvgIpc) is 2.04. The van der Waals surface area contributed by atoms with E-state index in [0.717, 1.165) is 0 Å². The van der Waals surface area contributed by atoms with E-state index in [1.807, 2.05) is 0 Å². The summed E-state index contributed by atoms with van der Waals surface area (Å²) in [5.74, 6) is 0.0194. The number of aliphatic hydroxyl groups excluding tert-OH is 1. The van der Waals surface area contributed by atoms with Crippen LogP contribution in [0.5, 0.6) is 5.75 Å². The van der Waals surface area contributed by atoms with Crippen LogP contribution in [0.3, 0.4) is 0 Å². The highest BCUT2D eigenvalue weighted by Crippen LogP contribution is 2.20. The Balaban J connectivity index is 2.94. The lowest BCUT2D eigenvalue weighted by molar-refractivity contribution is 0.161. The Morgan fingerprint density at radius 1 is 1.58 bits per heavy atom. The van der Waals surface area contributed by atoms with Crippen LogP contribution in [0.15, 0.2) is 18.3 Å². The SMILES string of the molecule is C[C@H](O)[C@@H](N)c1ncccc1O. The molecule has 2 atom stereocenters. The van der Waals surface area contributed by atoms with Gasteiger partial charge in [0.2, 0.25) is 0 Å². The second-order valence-corrected chi connectivity index (χ2v) is 2.67. The largest absolute Gasteiger partial charge is 0.506 e. The molecule has 0 saturated carbocycles. The second kappa shape index (κ2) is 3.51. The van der Waals surface area contributed by atoms with Gasteiger partial charge in [0.1, 0.15) is 11.4 Å². The number of aliphatic hydroxyl groups is 1. The molecule has 0 aliphatic heterocycles. The van der Waals surface area contributed by atoms with Gasteiger partial charge in [0.25, 0.3) is 0 Å². The fraction of sp³-hybridized carbons (Fsp3) is 0.375. The van der Waals surface area contributed by atoms with Crippen LogP contribution in [0.25, 0.3) is 0 Å². The van der Waals surface area contributed by atoms with Gasteiger partial charge in [-0.05, 0) is 19.1 Å². The van der Waals surface area contributed by atoms with Gasteiger partial charge in [0.05, 0.1) is 12.1 Å². The maximum absolute atomic E-state index is 9.28. The van der Waals surface area contributed by atoms with Gasteiger partial charge < -0.3 is 15.9 Å². The number of nitrogens with two attached hydrogens (primary N) is 1. The molecule has 0 fully saturated rings. The lowest BCUT2D eigenvalue weighted by atomic mass is 10.1. The molecular weight excluding hydrogens is 156 g/mol. The lowest BCUT2D eigenvalue weighted by Crippen LogP contribution is -2.24. The molecule has 0 aliphatic carbocycles. The molecular formula is C8H12N2O2. The number of aromatic hydroxyl groups is 1. The molecule has 66 valence electrons. The molecule has 0 aliphatic rings. The van der Waals surface area contributed by atoms with Crippen LogP contribution in [0, 0.1) is 0 Å². The van der Waals surface area contributed by atoms with E-state index in [-0.39, 0.29) is 5.75 Å². The molecule has 0 saturated heterocycles. The van der Waals surface area contributed by atoms with E-state index in [2.05, 4.69) is 4.98 Å². The van der Waals surface area contributed by atoms with Crippen molar-refractivity contribution in [3.05, 3.63) is 24.0 Å². The zero-order valence-electron chi connectivity index (χ0n) is 6.81. The van der Waals surface area contributed by atoms with Gasteiger partial charge in [0, 0.05) is 6.20 Å². The van der Waals surface area contributed by atoms with E-state index in [1.54, 1.807) is 13.0 Å². The van der Waals surface area contributed by atoms with E-state index >= 15 is 0 Å². The molecule has 0 radical (unpaired) electrons. The second-order valence-electron chi connectivity index (χ2n) is 2.67. The molecule has 1 rings (SSSR count). The zero-order valence-corrected chi connectivity index (χ0v) is 6.81. The molecule has 0 spiro atoms. The summed E-state index contributed by atoms with van der Waals surface area (Å²) >= 11 is 0. The Labute approximate surface area is 70.7 Å². The molecule has 4 N–H and O–H groups in total. The molecule has 0 bridgehead atoms. The number of hydrogen-bond donors (Lipinski definition) is 3. The molecule has 12 heavy (non-hydrogen) atoms. The molecule has 1 heterocycles. The van der Waals surface area contributed by atoms with Gasteiger partial charge in [-0.1, -0.05) is 0 Å². The number of aromatic nitrogens is 1. The summed E-state index contributed by atoms with van der Waals surface area (Å²) in [7, 11) is 0. The smallest absolute Gasteiger partial charge is 0.138 e. The predicted octanol–water partition coefficient (Wildman–Crippen LogP) is 0.168. The van der Waals surface area contributed by atoms with E-state index in [4.69, 9.17) is 10.8 Å². The quantitative estimate of drug-likeness (QED) is 0.588. The Morgan fingerprint density at radius 3 is 2.75 bits per heavy atom. The van der Waals surface area contributed by atoms with Gasteiger partial charge in [0.15, 0.2) is 0 Å². The third kappa shape index (κ3) is 1.72. The Kier molecular flexibility index (Phi) is 2.62. The number of nitrogens with zero attached hydrogens (tertiary/aromatic N) is 1. The summed E-state index contributed by atoms with van der Waals surface area (Å²) in [6, 6.07) is 2.46. The third-order valence-corrected chi connectivity index (χ3v) is 1.65. The fourth-order valence-electron chi connectivity index (χ4n) is 0.894. The van der Waals surface area contributed by atoms with E-state index in [9.17, 15) is 5.11 Å². The van der Waals surface area contributed by atoms with Crippen LogP contribution < -0.4 is 5.73 Å². The summed E-state index contributed by atoms with van der Waals surface area (Å²) in [6.07, 6.45) is 0.808. The van der Waals surface area contributed by atoms with Crippen LogP contribution in [0.2, 0.25) is 0 Å².